The summed E-state index contributed by atoms with van der Waals surface area (Å²) in [6, 6.07) is 16.6. The van der Waals surface area contributed by atoms with E-state index in [1.54, 1.807) is 7.11 Å². The van der Waals surface area contributed by atoms with Crippen molar-refractivity contribution in [3.8, 4) is 11.5 Å². The molecular formula is C21H28N2O2. The average Bonchev–Trinajstić information content (AvgIpc) is 2.69. The first-order chi connectivity index (χ1) is 12.3. The van der Waals surface area contributed by atoms with Gasteiger partial charge in [-0.15, -0.1) is 0 Å². The van der Waals surface area contributed by atoms with Crippen LogP contribution in [-0.4, -0.2) is 33.4 Å². The van der Waals surface area contributed by atoms with E-state index in [0.29, 0.717) is 6.61 Å². The first kappa shape index (κ1) is 17.6. The Hall–Kier alpha value is -2.20. The van der Waals surface area contributed by atoms with Crippen LogP contribution in [0.2, 0.25) is 0 Å². The van der Waals surface area contributed by atoms with Crippen LogP contribution in [0.25, 0.3) is 0 Å². The fourth-order valence-electron chi connectivity index (χ4n) is 3.12. The number of anilines is 1. The molecule has 0 atom stereocenters. The maximum absolute atomic E-state index is 5.72. The topological polar surface area (TPSA) is 33.7 Å². The number of methoxy groups -OCH3 is 1. The van der Waals surface area contributed by atoms with Gasteiger partial charge < -0.3 is 19.7 Å². The van der Waals surface area contributed by atoms with Gasteiger partial charge in [0.2, 0.25) is 0 Å². The lowest BCUT2D eigenvalue weighted by molar-refractivity contribution is 0.313. The van der Waals surface area contributed by atoms with E-state index in [0.717, 1.165) is 24.6 Å². The van der Waals surface area contributed by atoms with Crippen LogP contribution in [0.3, 0.4) is 0 Å². The van der Waals surface area contributed by atoms with Gasteiger partial charge in [-0.1, -0.05) is 12.1 Å². The minimum atomic E-state index is 0.651. The van der Waals surface area contributed by atoms with Crippen molar-refractivity contribution in [2.45, 2.75) is 25.8 Å². The van der Waals surface area contributed by atoms with Gasteiger partial charge in [0, 0.05) is 31.9 Å². The van der Waals surface area contributed by atoms with Gasteiger partial charge in [-0.25, -0.2) is 0 Å². The number of nitrogens with zero attached hydrogens (tertiary/aromatic N) is 1. The van der Waals surface area contributed by atoms with Crippen LogP contribution >= 0.6 is 0 Å². The molecule has 1 N–H and O–H groups in total. The van der Waals surface area contributed by atoms with E-state index >= 15 is 0 Å². The molecule has 134 valence electrons. The van der Waals surface area contributed by atoms with Gasteiger partial charge in [0.05, 0.1) is 7.11 Å². The van der Waals surface area contributed by atoms with Gasteiger partial charge in [-0.05, 0) is 61.2 Å². The Balaban J connectivity index is 1.35. The molecule has 0 saturated carbocycles. The summed E-state index contributed by atoms with van der Waals surface area (Å²) in [5, 5.41) is 3.43. The summed E-state index contributed by atoms with van der Waals surface area (Å²) in [6.45, 7) is 4.73. The molecule has 0 amide bonds. The summed E-state index contributed by atoms with van der Waals surface area (Å²) >= 11 is 0. The van der Waals surface area contributed by atoms with E-state index in [-0.39, 0.29) is 0 Å². The normalized spacial score (nSPS) is 14.4. The van der Waals surface area contributed by atoms with Gasteiger partial charge in [-0.3, -0.25) is 0 Å². The molecule has 0 aromatic heterocycles. The summed E-state index contributed by atoms with van der Waals surface area (Å²) in [5.41, 5.74) is 2.66. The number of benzene rings is 2. The summed E-state index contributed by atoms with van der Waals surface area (Å²) in [6.07, 6.45) is 4.01. The number of rotatable bonds is 8. The van der Waals surface area contributed by atoms with Gasteiger partial charge in [0.25, 0.3) is 0 Å². The molecular weight excluding hydrogens is 312 g/mol. The predicted octanol–water partition coefficient (Wildman–Crippen LogP) is 3.85. The highest BCUT2D eigenvalue weighted by atomic mass is 16.5. The number of nitrogens with one attached hydrogen (secondary N) is 1. The highest BCUT2D eigenvalue weighted by molar-refractivity contribution is 5.47. The van der Waals surface area contributed by atoms with E-state index in [1.807, 2.05) is 24.3 Å². The van der Waals surface area contributed by atoms with Crippen molar-refractivity contribution in [1.29, 1.82) is 0 Å². The van der Waals surface area contributed by atoms with Gasteiger partial charge in [0.15, 0.2) is 0 Å². The Morgan fingerprint density at radius 2 is 1.56 bits per heavy atom. The van der Waals surface area contributed by atoms with Crippen LogP contribution in [0.1, 0.15) is 24.8 Å². The van der Waals surface area contributed by atoms with Crippen molar-refractivity contribution in [2.24, 2.45) is 0 Å². The quantitative estimate of drug-likeness (QED) is 0.740. The lowest BCUT2D eigenvalue weighted by atomic mass is 10.1. The van der Waals surface area contributed by atoms with Crippen molar-refractivity contribution in [1.82, 2.24) is 5.32 Å². The zero-order valence-electron chi connectivity index (χ0n) is 15.0. The summed E-state index contributed by atoms with van der Waals surface area (Å²) in [4.78, 5) is 2.49. The molecule has 1 saturated heterocycles. The Morgan fingerprint density at radius 3 is 2.24 bits per heavy atom. The van der Waals surface area contributed by atoms with Crippen LogP contribution in [0, 0.1) is 0 Å². The SMILES string of the molecule is COc1ccc(OCCNCc2ccc(N3CCCCC3)cc2)cc1. The Bertz CT molecular complexity index is 619. The van der Waals surface area contributed by atoms with Crippen LogP contribution in [0.5, 0.6) is 11.5 Å². The van der Waals surface area contributed by atoms with E-state index in [9.17, 15) is 0 Å². The molecule has 1 aliphatic rings. The lowest BCUT2D eigenvalue weighted by Gasteiger charge is -2.28. The predicted molar refractivity (Wildman–Crippen MR) is 103 cm³/mol. The van der Waals surface area contributed by atoms with Crippen LogP contribution in [0.15, 0.2) is 48.5 Å². The van der Waals surface area contributed by atoms with Gasteiger partial charge >= 0.3 is 0 Å². The second kappa shape index (κ2) is 9.33. The van der Waals surface area contributed by atoms with E-state index in [1.165, 1.54) is 43.6 Å². The third-order valence-corrected chi connectivity index (χ3v) is 4.59. The maximum atomic E-state index is 5.72. The molecule has 0 unspecified atom stereocenters. The van der Waals surface area contributed by atoms with E-state index in [4.69, 9.17) is 9.47 Å². The molecule has 2 aromatic rings. The summed E-state index contributed by atoms with van der Waals surface area (Å²) in [5.74, 6) is 1.71. The monoisotopic (exact) mass is 340 g/mol. The lowest BCUT2D eigenvalue weighted by Crippen LogP contribution is -2.29. The Morgan fingerprint density at radius 1 is 0.880 bits per heavy atom. The number of hydrogen-bond donors (Lipinski definition) is 1. The van der Waals surface area contributed by atoms with Crippen molar-refractivity contribution < 1.29 is 9.47 Å². The highest BCUT2D eigenvalue weighted by Crippen LogP contribution is 2.20. The zero-order valence-corrected chi connectivity index (χ0v) is 15.0. The average molecular weight is 340 g/mol. The maximum Gasteiger partial charge on any atom is 0.119 e. The van der Waals surface area contributed by atoms with Crippen molar-refractivity contribution in [2.75, 3.05) is 38.3 Å². The fourth-order valence-corrected chi connectivity index (χ4v) is 3.12. The molecule has 1 heterocycles. The van der Waals surface area contributed by atoms with Crippen molar-refractivity contribution in [3.05, 3.63) is 54.1 Å². The third kappa shape index (κ3) is 5.40. The minimum Gasteiger partial charge on any atom is -0.497 e. The number of piperidine rings is 1. The zero-order chi connectivity index (χ0) is 17.3. The van der Waals surface area contributed by atoms with E-state index < -0.39 is 0 Å². The third-order valence-electron chi connectivity index (χ3n) is 4.59. The summed E-state index contributed by atoms with van der Waals surface area (Å²) < 4.78 is 10.9. The van der Waals surface area contributed by atoms with Crippen molar-refractivity contribution in [3.63, 3.8) is 0 Å². The van der Waals surface area contributed by atoms with E-state index in [2.05, 4.69) is 34.5 Å². The Kier molecular flexibility index (Phi) is 6.57. The molecule has 0 aliphatic carbocycles. The first-order valence-corrected chi connectivity index (χ1v) is 9.16. The molecule has 3 rings (SSSR count). The first-order valence-electron chi connectivity index (χ1n) is 9.16. The molecule has 1 fully saturated rings. The number of hydrogen-bond acceptors (Lipinski definition) is 4. The molecule has 4 nitrogen and oxygen atoms in total. The van der Waals surface area contributed by atoms with Gasteiger partial charge in [0.1, 0.15) is 18.1 Å². The number of ether oxygens (including phenoxy) is 2. The molecule has 0 bridgehead atoms. The van der Waals surface area contributed by atoms with Crippen LogP contribution in [0.4, 0.5) is 5.69 Å². The fraction of sp³-hybridized carbons (Fsp3) is 0.429. The molecule has 0 radical (unpaired) electrons. The smallest absolute Gasteiger partial charge is 0.119 e. The molecule has 2 aromatic carbocycles. The standard InChI is InChI=1S/C21H28N2O2/c1-24-20-9-11-21(12-10-20)25-16-13-22-17-18-5-7-19(8-6-18)23-14-3-2-4-15-23/h5-12,22H,2-4,13-17H2,1H3. The highest BCUT2D eigenvalue weighted by Gasteiger charge is 2.10. The molecule has 25 heavy (non-hydrogen) atoms. The largest absolute Gasteiger partial charge is 0.497 e. The second-order valence-corrected chi connectivity index (χ2v) is 6.41. The minimum absolute atomic E-state index is 0.651. The molecule has 1 aliphatic heterocycles. The summed E-state index contributed by atoms with van der Waals surface area (Å²) in [7, 11) is 1.67. The second-order valence-electron chi connectivity index (χ2n) is 6.41. The van der Waals surface area contributed by atoms with Crippen LogP contribution in [-0.2, 0) is 6.54 Å². The van der Waals surface area contributed by atoms with Crippen LogP contribution < -0.4 is 19.7 Å². The molecule has 0 spiro atoms. The van der Waals surface area contributed by atoms with Crippen molar-refractivity contribution >= 4 is 5.69 Å². The molecule has 4 heteroatoms. The van der Waals surface area contributed by atoms with Gasteiger partial charge in [-0.2, -0.15) is 0 Å². The Labute approximate surface area is 150 Å².